The van der Waals surface area contributed by atoms with Crippen molar-refractivity contribution in [2.45, 2.75) is 34.2 Å². The van der Waals surface area contributed by atoms with Gasteiger partial charge in [0.1, 0.15) is 18.0 Å². The summed E-state index contributed by atoms with van der Waals surface area (Å²) in [6.45, 7) is 8.55. The number of nitrogens with one attached hydrogen (secondary N) is 1. The number of aromatic nitrogens is 2. The monoisotopic (exact) mass is 421 g/mol. The largest absolute Gasteiger partial charge is 0.494 e. The maximum Gasteiger partial charge on any atom is 0.267 e. The van der Waals surface area contributed by atoms with Crippen LogP contribution in [-0.4, -0.2) is 28.9 Å². The summed E-state index contributed by atoms with van der Waals surface area (Å²) >= 11 is 0. The molecule has 0 atom stereocenters. The Balaban J connectivity index is 1.83. The van der Waals surface area contributed by atoms with Crippen molar-refractivity contribution in [3.05, 3.63) is 70.0 Å². The van der Waals surface area contributed by atoms with E-state index in [-0.39, 0.29) is 18.0 Å². The second-order valence-electron chi connectivity index (χ2n) is 7.09. The summed E-state index contributed by atoms with van der Waals surface area (Å²) in [6.07, 6.45) is 0. The van der Waals surface area contributed by atoms with E-state index in [1.165, 1.54) is 11.6 Å². The lowest BCUT2D eigenvalue weighted by molar-refractivity contribution is -0.117. The fourth-order valence-electron chi connectivity index (χ4n) is 3.09. The summed E-state index contributed by atoms with van der Waals surface area (Å²) in [4.78, 5) is 25.0. The molecule has 31 heavy (non-hydrogen) atoms. The average molecular weight is 421 g/mol. The molecule has 7 nitrogen and oxygen atoms in total. The van der Waals surface area contributed by atoms with E-state index < -0.39 is 0 Å². The smallest absolute Gasteiger partial charge is 0.267 e. The van der Waals surface area contributed by atoms with Gasteiger partial charge in [0, 0.05) is 17.7 Å². The van der Waals surface area contributed by atoms with Crippen molar-refractivity contribution in [3.8, 4) is 22.8 Å². The van der Waals surface area contributed by atoms with E-state index in [0.717, 1.165) is 15.8 Å². The van der Waals surface area contributed by atoms with Crippen LogP contribution in [-0.2, 0) is 11.3 Å². The summed E-state index contributed by atoms with van der Waals surface area (Å²) in [5.41, 5.74) is 3.96. The van der Waals surface area contributed by atoms with Gasteiger partial charge < -0.3 is 14.8 Å². The highest BCUT2D eigenvalue weighted by Crippen LogP contribution is 2.29. The molecule has 1 N–H and O–H groups in total. The summed E-state index contributed by atoms with van der Waals surface area (Å²) in [6, 6.07) is 14.3. The van der Waals surface area contributed by atoms with Crippen molar-refractivity contribution in [1.82, 2.24) is 9.78 Å². The van der Waals surface area contributed by atoms with Crippen LogP contribution < -0.4 is 20.3 Å². The lowest BCUT2D eigenvalue weighted by atomic mass is 10.0. The third-order valence-electron chi connectivity index (χ3n) is 4.80. The molecule has 3 aromatic rings. The number of carbonyl (C=O) groups is 1. The number of aryl methyl sites for hydroxylation is 2. The highest BCUT2D eigenvalue weighted by Gasteiger charge is 2.13. The molecule has 3 rings (SSSR count). The number of nitrogens with zero attached hydrogens (tertiary/aromatic N) is 2. The van der Waals surface area contributed by atoms with Crippen LogP contribution in [0.15, 0.2) is 53.3 Å². The number of carbonyl (C=O) groups excluding carboxylic acids is 1. The van der Waals surface area contributed by atoms with Crippen molar-refractivity contribution in [1.29, 1.82) is 0 Å². The number of anilines is 1. The molecule has 7 heteroatoms. The van der Waals surface area contributed by atoms with Crippen LogP contribution in [0.2, 0.25) is 0 Å². The van der Waals surface area contributed by atoms with Gasteiger partial charge in [0.2, 0.25) is 5.91 Å². The normalized spacial score (nSPS) is 10.6. The van der Waals surface area contributed by atoms with Gasteiger partial charge in [-0.1, -0.05) is 12.1 Å². The molecule has 0 saturated heterocycles. The van der Waals surface area contributed by atoms with Crippen LogP contribution in [0.3, 0.4) is 0 Å². The molecule has 0 unspecified atom stereocenters. The van der Waals surface area contributed by atoms with E-state index in [9.17, 15) is 9.59 Å². The molecule has 162 valence electrons. The second-order valence-corrected chi connectivity index (χ2v) is 7.09. The number of hydrogen-bond donors (Lipinski definition) is 1. The fourth-order valence-corrected chi connectivity index (χ4v) is 3.09. The topological polar surface area (TPSA) is 82.4 Å². The van der Waals surface area contributed by atoms with E-state index in [4.69, 9.17) is 9.47 Å². The van der Waals surface area contributed by atoms with Crippen LogP contribution in [0.4, 0.5) is 5.69 Å². The van der Waals surface area contributed by atoms with Crippen LogP contribution in [0.25, 0.3) is 11.3 Å². The molecular formula is C24H27N3O4. The van der Waals surface area contributed by atoms with E-state index in [1.54, 1.807) is 24.3 Å². The van der Waals surface area contributed by atoms with Gasteiger partial charge in [0.15, 0.2) is 0 Å². The third kappa shape index (κ3) is 5.51. The molecule has 1 aromatic heterocycles. The van der Waals surface area contributed by atoms with Crippen molar-refractivity contribution >= 4 is 11.6 Å². The highest BCUT2D eigenvalue weighted by molar-refractivity contribution is 5.92. The minimum atomic E-state index is -0.388. The predicted octanol–water partition coefficient (Wildman–Crippen LogP) is 3.96. The number of hydrogen-bond acceptors (Lipinski definition) is 5. The molecule has 2 aromatic carbocycles. The maximum absolute atomic E-state index is 12.7. The molecule has 1 heterocycles. The first kappa shape index (κ1) is 22.1. The SMILES string of the molecule is CCOc1ccc(OCC)c(NC(=O)Cn2nc(-c3ccc(C)c(C)c3)ccc2=O)c1. The molecule has 0 spiro atoms. The van der Waals surface area contributed by atoms with Crippen molar-refractivity contribution in [3.63, 3.8) is 0 Å². The zero-order valence-corrected chi connectivity index (χ0v) is 18.3. The second kappa shape index (κ2) is 9.93. The molecule has 1 amide bonds. The summed E-state index contributed by atoms with van der Waals surface area (Å²) in [7, 11) is 0. The van der Waals surface area contributed by atoms with E-state index in [0.29, 0.717) is 36.1 Å². The van der Waals surface area contributed by atoms with Gasteiger partial charge in [0.25, 0.3) is 5.56 Å². The van der Waals surface area contributed by atoms with Crippen molar-refractivity contribution in [2.24, 2.45) is 0 Å². The van der Waals surface area contributed by atoms with E-state index in [2.05, 4.69) is 10.4 Å². The molecular weight excluding hydrogens is 394 g/mol. The highest BCUT2D eigenvalue weighted by atomic mass is 16.5. The summed E-state index contributed by atoms with van der Waals surface area (Å²) in [5.74, 6) is 0.762. The Labute approximate surface area is 181 Å². The zero-order chi connectivity index (χ0) is 22.4. The number of ether oxygens (including phenoxy) is 2. The Morgan fingerprint density at radius 1 is 0.968 bits per heavy atom. The van der Waals surface area contributed by atoms with Gasteiger partial charge >= 0.3 is 0 Å². The molecule has 0 radical (unpaired) electrons. The Morgan fingerprint density at radius 3 is 2.45 bits per heavy atom. The van der Waals surface area contributed by atoms with E-state index >= 15 is 0 Å². The Bertz CT molecular complexity index is 1140. The molecule has 0 fully saturated rings. The summed E-state index contributed by atoms with van der Waals surface area (Å²) < 4.78 is 12.3. The Kier molecular flexibility index (Phi) is 7.07. The fraction of sp³-hybridized carbons (Fsp3) is 0.292. The zero-order valence-electron chi connectivity index (χ0n) is 18.3. The van der Waals surface area contributed by atoms with Gasteiger partial charge in [-0.05, 0) is 63.1 Å². The minimum absolute atomic E-state index is 0.220. The quantitative estimate of drug-likeness (QED) is 0.595. The maximum atomic E-state index is 12.7. The first-order valence-electron chi connectivity index (χ1n) is 10.3. The molecule has 0 aliphatic rings. The van der Waals surface area contributed by atoms with Gasteiger partial charge in [0.05, 0.1) is 24.6 Å². The van der Waals surface area contributed by atoms with Crippen LogP contribution >= 0.6 is 0 Å². The first-order valence-corrected chi connectivity index (χ1v) is 10.3. The third-order valence-corrected chi connectivity index (χ3v) is 4.80. The van der Waals surface area contributed by atoms with Crippen molar-refractivity contribution < 1.29 is 14.3 Å². The number of amides is 1. The Morgan fingerprint density at radius 2 is 1.74 bits per heavy atom. The van der Waals surface area contributed by atoms with Gasteiger partial charge in [-0.15, -0.1) is 0 Å². The van der Waals surface area contributed by atoms with Gasteiger partial charge in [-0.3, -0.25) is 9.59 Å². The van der Waals surface area contributed by atoms with Gasteiger partial charge in [-0.25, -0.2) is 4.68 Å². The lowest BCUT2D eigenvalue weighted by Gasteiger charge is -2.14. The first-order chi connectivity index (χ1) is 14.9. The number of benzene rings is 2. The van der Waals surface area contributed by atoms with Gasteiger partial charge in [-0.2, -0.15) is 5.10 Å². The molecule has 0 saturated carbocycles. The van der Waals surface area contributed by atoms with E-state index in [1.807, 2.05) is 45.9 Å². The minimum Gasteiger partial charge on any atom is -0.494 e. The van der Waals surface area contributed by atoms with Crippen LogP contribution in [0.5, 0.6) is 11.5 Å². The lowest BCUT2D eigenvalue weighted by Crippen LogP contribution is -2.29. The Hall–Kier alpha value is -3.61. The van der Waals surface area contributed by atoms with Crippen LogP contribution in [0.1, 0.15) is 25.0 Å². The molecule has 0 aliphatic heterocycles. The average Bonchev–Trinajstić information content (AvgIpc) is 2.74. The van der Waals surface area contributed by atoms with Crippen LogP contribution in [0, 0.1) is 13.8 Å². The number of rotatable bonds is 8. The standard InChI is InChI=1S/C24H27N3O4/c1-5-30-19-9-11-22(31-6-2)21(14-19)25-23(28)15-27-24(29)12-10-20(26-27)18-8-7-16(3)17(4)13-18/h7-14H,5-6,15H2,1-4H3,(H,25,28). The predicted molar refractivity (Wildman–Crippen MR) is 121 cm³/mol. The molecule has 0 bridgehead atoms. The summed E-state index contributed by atoms with van der Waals surface area (Å²) in [5, 5.41) is 7.19. The van der Waals surface area contributed by atoms with Crippen molar-refractivity contribution in [2.75, 3.05) is 18.5 Å². The molecule has 0 aliphatic carbocycles.